The molecule has 2 rings (SSSR count). The standard InChI is InChI=1S/C17H27NO2/c1-18(2)13-16(17(19)11-5-4-6-12-17)14-7-9-15(20-3)10-8-14/h7-10,16,19H,4-6,11-13H2,1-3H3/t16-/m1/s1/i3D3,13D2,16D. The van der Waals surface area contributed by atoms with Crippen LogP contribution in [0.25, 0.3) is 0 Å². The first-order valence-electron chi connectivity index (χ1n) is 10.0. The molecule has 1 fully saturated rings. The minimum Gasteiger partial charge on any atom is -0.497 e. The molecule has 0 aliphatic heterocycles. The molecular weight excluding hydrogens is 250 g/mol. The Kier molecular flexibility index (Phi) is 2.99. The number of aliphatic hydroxyl groups is 1. The Morgan fingerprint density at radius 2 is 2.00 bits per heavy atom. The molecule has 1 aliphatic carbocycles. The number of nitrogens with zero attached hydrogens (tertiary/aromatic N) is 1. The van der Waals surface area contributed by atoms with Gasteiger partial charge in [-0.25, -0.2) is 0 Å². The molecule has 0 bridgehead atoms. The molecule has 1 atom stereocenters. The molecule has 3 nitrogen and oxygen atoms in total. The molecule has 0 spiro atoms. The fourth-order valence-electron chi connectivity index (χ4n) is 2.74. The van der Waals surface area contributed by atoms with Crippen molar-refractivity contribution >= 4 is 0 Å². The highest BCUT2D eigenvalue weighted by Gasteiger charge is 2.38. The van der Waals surface area contributed by atoms with Crippen LogP contribution in [0.1, 0.15) is 51.8 Å². The third-order valence-corrected chi connectivity index (χ3v) is 3.74. The largest absolute Gasteiger partial charge is 0.497 e. The Bertz CT molecular complexity index is 611. The zero-order valence-corrected chi connectivity index (χ0v) is 12.1. The number of hydrogen-bond donors (Lipinski definition) is 1. The van der Waals surface area contributed by atoms with Gasteiger partial charge in [-0.05, 0) is 44.6 Å². The van der Waals surface area contributed by atoms with Crippen molar-refractivity contribution in [2.45, 2.75) is 43.6 Å². The molecule has 0 amide bonds. The van der Waals surface area contributed by atoms with Crippen LogP contribution in [0.4, 0.5) is 0 Å². The Labute approximate surface area is 131 Å². The highest BCUT2D eigenvalue weighted by Crippen LogP contribution is 2.40. The molecule has 1 saturated carbocycles. The van der Waals surface area contributed by atoms with E-state index in [4.69, 9.17) is 13.0 Å². The van der Waals surface area contributed by atoms with Crippen LogP contribution in [0.5, 0.6) is 5.75 Å². The molecule has 0 saturated heterocycles. The number of likely N-dealkylation sites (N-methyl/N-ethyl adjacent to an activating group) is 1. The summed E-state index contributed by atoms with van der Waals surface area (Å²) in [5, 5.41) is 11.3. The topological polar surface area (TPSA) is 32.7 Å². The monoisotopic (exact) mass is 283 g/mol. The van der Waals surface area contributed by atoms with Gasteiger partial charge >= 0.3 is 0 Å². The minimum atomic E-state index is -2.58. The van der Waals surface area contributed by atoms with E-state index in [-0.39, 0.29) is 5.75 Å². The van der Waals surface area contributed by atoms with Crippen molar-refractivity contribution in [1.82, 2.24) is 4.90 Å². The second kappa shape index (κ2) is 6.59. The van der Waals surface area contributed by atoms with E-state index in [1.807, 2.05) is 0 Å². The summed E-state index contributed by atoms with van der Waals surface area (Å²) in [7, 11) is 0.503. The lowest BCUT2D eigenvalue weighted by Crippen LogP contribution is -2.42. The Balaban J connectivity index is 2.51. The van der Waals surface area contributed by atoms with E-state index in [0.29, 0.717) is 18.4 Å². The van der Waals surface area contributed by atoms with E-state index in [9.17, 15) is 5.11 Å². The van der Waals surface area contributed by atoms with E-state index in [0.717, 1.165) is 19.3 Å². The number of methoxy groups -OCH3 is 1. The molecule has 1 aromatic rings. The smallest absolute Gasteiger partial charge is 0.118 e. The number of hydrogen-bond acceptors (Lipinski definition) is 3. The molecule has 112 valence electrons. The molecule has 0 heterocycles. The van der Waals surface area contributed by atoms with Gasteiger partial charge in [-0.15, -0.1) is 0 Å². The minimum absolute atomic E-state index is 0.108. The molecule has 0 radical (unpaired) electrons. The average Bonchev–Trinajstić information content (AvgIpc) is 2.53. The highest BCUT2D eigenvalue weighted by atomic mass is 16.5. The van der Waals surface area contributed by atoms with Crippen molar-refractivity contribution in [3.63, 3.8) is 0 Å². The van der Waals surface area contributed by atoms with E-state index in [1.54, 1.807) is 14.1 Å². The summed E-state index contributed by atoms with van der Waals surface area (Å²) in [5.74, 6) is -1.83. The van der Waals surface area contributed by atoms with Crippen molar-refractivity contribution in [1.29, 1.82) is 0 Å². The van der Waals surface area contributed by atoms with Gasteiger partial charge in [-0.2, -0.15) is 0 Å². The predicted octanol–water partition coefficient (Wildman–Crippen LogP) is 3.04. The summed E-state index contributed by atoms with van der Waals surface area (Å²) in [6, 6.07) is 5.76. The van der Waals surface area contributed by atoms with Crippen LogP contribution < -0.4 is 4.74 Å². The van der Waals surface area contributed by atoms with Crippen molar-refractivity contribution in [3.05, 3.63) is 29.8 Å². The van der Waals surface area contributed by atoms with E-state index >= 15 is 0 Å². The summed E-state index contributed by atoms with van der Waals surface area (Å²) in [6.07, 6.45) is 3.12. The number of benzene rings is 1. The fraction of sp³-hybridized carbons (Fsp3) is 0.647. The lowest BCUT2D eigenvalue weighted by molar-refractivity contribution is -0.0277. The van der Waals surface area contributed by atoms with Gasteiger partial charge in [-0.3, -0.25) is 0 Å². The number of ether oxygens (including phenoxy) is 1. The predicted molar refractivity (Wildman–Crippen MR) is 82.3 cm³/mol. The van der Waals surface area contributed by atoms with Crippen LogP contribution in [0.2, 0.25) is 0 Å². The summed E-state index contributed by atoms with van der Waals surface area (Å²) >= 11 is 0. The molecule has 1 aromatic carbocycles. The van der Waals surface area contributed by atoms with Gasteiger partial charge in [0.1, 0.15) is 5.75 Å². The maximum absolute atomic E-state index is 11.3. The van der Waals surface area contributed by atoms with Gasteiger partial charge in [0.05, 0.1) is 16.8 Å². The second-order valence-corrected chi connectivity index (χ2v) is 5.60. The first-order valence-corrected chi connectivity index (χ1v) is 7.03. The first-order chi connectivity index (χ1) is 11.8. The summed E-state index contributed by atoms with van der Waals surface area (Å²) in [4.78, 5) is 1.30. The van der Waals surface area contributed by atoms with Crippen molar-refractivity contribution in [2.24, 2.45) is 0 Å². The van der Waals surface area contributed by atoms with Crippen molar-refractivity contribution in [2.75, 3.05) is 27.6 Å². The zero-order valence-electron chi connectivity index (χ0n) is 18.1. The lowest BCUT2D eigenvalue weighted by Gasteiger charge is -2.40. The van der Waals surface area contributed by atoms with E-state index in [2.05, 4.69) is 0 Å². The van der Waals surface area contributed by atoms with Gasteiger partial charge in [0.25, 0.3) is 0 Å². The molecule has 0 aromatic heterocycles. The van der Waals surface area contributed by atoms with Gasteiger partial charge < -0.3 is 14.7 Å². The average molecular weight is 283 g/mol. The Morgan fingerprint density at radius 1 is 1.35 bits per heavy atom. The van der Waals surface area contributed by atoms with Crippen LogP contribution in [0.3, 0.4) is 0 Å². The first kappa shape index (κ1) is 9.06. The van der Waals surface area contributed by atoms with Crippen molar-refractivity contribution < 1.29 is 18.1 Å². The second-order valence-electron chi connectivity index (χ2n) is 5.60. The summed E-state index contributed by atoms with van der Waals surface area (Å²) in [6.45, 7) is -2.15. The molecule has 1 aliphatic rings. The van der Waals surface area contributed by atoms with Gasteiger partial charge in [0.15, 0.2) is 0 Å². The zero-order chi connectivity index (χ0) is 19.8. The van der Waals surface area contributed by atoms with Gasteiger partial charge in [-0.1, -0.05) is 31.4 Å². The highest BCUT2D eigenvalue weighted by molar-refractivity contribution is 5.31. The molecule has 20 heavy (non-hydrogen) atoms. The lowest BCUT2D eigenvalue weighted by atomic mass is 9.72. The normalized spacial score (nSPS) is 27.2. The van der Waals surface area contributed by atoms with Crippen LogP contribution in [-0.2, 0) is 0 Å². The van der Waals surface area contributed by atoms with E-state index in [1.165, 1.54) is 29.2 Å². The third-order valence-electron chi connectivity index (χ3n) is 3.74. The Hall–Kier alpha value is -1.06. The van der Waals surface area contributed by atoms with Crippen LogP contribution in [-0.4, -0.2) is 43.2 Å². The van der Waals surface area contributed by atoms with E-state index < -0.39 is 25.0 Å². The summed E-state index contributed by atoms with van der Waals surface area (Å²) in [5.41, 5.74) is -1.23. The molecular formula is C17H27NO2. The van der Waals surface area contributed by atoms with Crippen LogP contribution >= 0.6 is 0 Å². The fourth-order valence-corrected chi connectivity index (χ4v) is 2.74. The molecule has 3 heteroatoms. The van der Waals surface area contributed by atoms with Crippen LogP contribution in [0.15, 0.2) is 24.3 Å². The van der Waals surface area contributed by atoms with Crippen LogP contribution in [0, 0.1) is 0 Å². The maximum atomic E-state index is 11.3. The number of rotatable bonds is 5. The van der Waals surface area contributed by atoms with Gasteiger partial charge in [0.2, 0.25) is 0 Å². The quantitative estimate of drug-likeness (QED) is 0.901. The van der Waals surface area contributed by atoms with Gasteiger partial charge in [0, 0.05) is 16.5 Å². The van der Waals surface area contributed by atoms with Crippen molar-refractivity contribution in [3.8, 4) is 5.75 Å². The summed E-state index contributed by atoms with van der Waals surface area (Å²) < 4.78 is 52.6. The molecule has 0 unspecified atom stereocenters. The Morgan fingerprint density at radius 3 is 2.55 bits per heavy atom. The third kappa shape index (κ3) is 3.53. The SMILES string of the molecule is [2H]C([2H])([2H])Oc1ccc([C@]([2H])(C2(O)CCCCC2)C([2H])([2H])N(C)C)cc1. The maximum Gasteiger partial charge on any atom is 0.118 e. The molecule has 1 N–H and O–H groups in total.